The van der Waals surface area contributed by atoms with E-state index >= 15 is 0 Å². The first-order chi connectivity index (χ1) is 8.33. The van der Waals surface area contributed by atoms with Gasteiger partial charge in [-0.15, -0.1) is 0 Å². The van der Waals surface area contributed by atoms with Crippen LogP contribution in [0.4, 0.5) is 0 Å². The second kappa shape index (κ2) is 3.98. The molecule has 0 aliphatic heterocycles. The summed E-state index contributed by atoms with van der Waals surface area (Å²) < 4.78 is 0. The van der Waals surface area contributed by atoms with Crippen molar-refractivity contribution in [2.75, 3.05) is 0 Å². The first-order valence-electron chi connectivity index (χ1n) is 5.60. The van der Waals surface area contributed by atoms with Crippen LogP contribution in [0.15, 0.2) is 55.0 Å². The molecule has 0 saturated heterocycles. The van der Waals surface area contributed by atoms with Crippen molar-refractivity contribution in [2.45, 2.75) is 6.92 Å². The number of fused-ring (bicyclic) bond motifs is 1. The second-order valence-electron chi connectivity index (χ2n) is 4.16. The van der Waals surface area contributed by atoms with Crippen LogP contribution in [0.5, 0.6) is 0 Å². The molecule has 82 valence electrons. The van der Waals surface area contributed by atoms with Gasteiger partial charge in [0.1, 0.15) is 6.33 Å². The Kier molecular flexibility index (Phi) is 2.33. The number of aryl methyl sites for hydroxylation is 1. The Balaban J connectivity index is 2.14. The molecule has 0 aliphatic rings. The summed E-state index contributed by atoms with van der Waals surface area (Å²) in [6.45, 7) is 2.09. The van der Waals surface area contributed by atoms with E-state index in [-0.39, 0.29) is 0 Å². The van der Waals surface area contributed by atoms with Crippen molar-refractivity contribution in [1.29, 1.82) is 0 Å². The van der Waals surface area contributed by atoms with Gasteiger partial charge < -0.3 is 0 Å². The average Bonchev–Trinajstić information content (AvgIpc) is 2.39. The van der Waals surface area contributed by atoms with E-state index in [4.69, 9.17) is 0 Å². The van der Waals surface area contributed by atoms with E-state index in [2.05, 4.69) is 59.4 Å². The molecule has 2 heteroatoms. The van der Waals surface area contributed by atoms with Crippen molar-refractivity contribution < 1.29 is 0 Å². The lowest BCUT2D eigenvalue weighted by Crippen LogP contribution is -1.83. The molecule has 0 fully saturated rings. The van der Waals surface area contributed by atoms with Crippen LogP contribution >= 0.6 is 0 Å². The molecule has 1 aromatic heterocycles. The summed E-state index contributed by atoms with van der Waals surface area (Å²) in [5, 5.41) is 1.07. The lowest BCUT2D eigenvalue weighted by Gasteiger charge is -2.03. The van der Waals surface area contributed by atoms with Gasteiger partial charge in [-0.25, -0.2) is 9.97 Å². The van der Waals surface area contributed by atoms with E-state index < -0.39 is 0 Å². The first kappa shape index (κ1) is 9.97. The fourth-order valence-corrected chi connectivity index (χ4v) is 1.90. The van der Waals surface area contributed by atoms with E-state index in [1.807, 2.05) is 6.20 Å². The van der Waals surface area contributed by atoms with Gasteiger partial charge in [0.05, 0.1) is 5.52 Å². The predicted octanol–water partition coefficient (Wildman–Crippen LogP) is 3.61. The highest BCUT2D eigenvalue weighted by Crippen LogP contribution is 2.23. The van der Waals surface area contributed by atoms with E-state index in [9.17, 15) is 0 Å². The Morgan fingerprint density at radius 1 is 0.882 bits per heavy atom. The van der Waals surface area contributed by atoms with Crippen LogP contribution in [-0.4, -0.2) is 9.97 Å². The van der Waals surface area contributed by atoms with Gasteiger partial charge in [-0.05, 0) is 24.1 Å². The molecule has 2 nitrogen and oxygen atoms in total. The van der Waals surface area contributed by atoms with Crippen molar-refractivity contribution in [3.05, 3.63) is 60.6 Å². The Morgan fingerprint density at radius 2 is 1.65 bits per heavy atom. The molecule has 2 aromatic carbocycles. The third-order valence-corrected chi connectivity index (χ3v) is 2.89. The van der Waals surface area contributed by atoms with Crippen molar-refractivity contribution in [3.63, 3.8) is 0 Å². The number of hydrogen-bond donors (Lipinski definition) is 0. The van der Waals surface area contributed by atoms with Gasteiger partial charge in [0.2, 0.25) is 0 Å². The highest BCUT2D eigenvalue weighted by Gasteiger charge is 2.00. The molecule has 17 heavy (non-hydrogen) atoms. The van der Waals surface area contributed by atoms with E-state index in [0.717, 1.165) is 10.9 Å². The largest absolute Gasteiger partial charge is 0.244 e. The molecule has 0 amide bonds. The fourth-order valence-electron chi connectivity index (χ4n) is 1.90. The second-order valence-corrected chi connectivity index (χ2v) is 4.16. The molecule has 0 bridgehead atoms. The van der Waals surface area contributed by atoms with Gasteiger partial charge in [-0.2, -0.15) is 0 Å². The average molecular weight is 220 g/mol. The number of nitrogens with zero attached hydrogens (tertiary/aromatic N) is 2. The third kappa shape index (κ3) is 1.89. The van der Waals surface area contributed by atoms with Crippen LogP contribution in [0.25, 0.3) is 22.0 Å². The fraction of sp³-hybridized carbons (Fsp3) is 0.0667. The maximum atomic E-state index is 4.27. The van der Waals surface area contributed by atoms with Gasteiger partial charge in [-0.1, -0.05) is 42.0 Å². The summed E-state index contributed by atoms with van der Waals surface area (Å²) in [4.78, 5) is 8.29. The lowest BCUT2D eigenvalue weighted by molar-refractivity contribution is 1.22. The minimum atomic E-state index is 0.984. The minimum Gasteiger partial charge on any atom is -0.244 e. The Bertz CT molecular complexity index is 657. The van der Waals surface area contributed by atoms with Crippen molar-refractivity contribution in [3.8, 4) is 11.1 Å². The van der Waals surface area contributed by atoms with E-state index in [1.165, 1.54) is 16.7 Å². The maximum Gasteiger partial charge on any atom is 0.116 e. The number of aromatic nitrogens is 2. The molecule has 0 atom stereocenters. The van der Waals surface area contributed by atoms with Crippen molar-refractivity contribution >= 4 is 10.9 Å². The SMILES string of the molecule is Cc1ccc(-c2ccc3cncnc3c2)cc1. The molecule has 0 saturated carbocycles. The smallest absolute Gasteiger partial charge is 0.116 e. The highest BCUT2D eigenvalue weighted by molar-refractivity contribution is 5.83. The summed E-state index contributed by atoms with van der Waals surface area (Å²) in [5.74, 6) is 0. The summed E-state index contributed by atoms with van der Waals surface area (Å²) in [5.41, 5.74) is 4.67. The molecule has 0 aliphatic carbocycles. The highest BCUT2D eigenvalue weighted by atomic mass is 14.8. The zero-order valence-electron chi connectivity index (χ0n) is 9.59. The molecule has 0 unspecified atom stereocenters. The Hall–Kier alpha value is -2.22. The van der Waals surface area contributed by atoms with Crippen LogP contribution in [-0.2, 0) is 0 Å². The third-order valence-electron chi connectivity index (χ3n) is 2.89. The van der Waals surface area contributed by atoms with Crippen LogP contribution in [0.1, 0.15) is 5.56 Å². The molecule has 0 spiro atoms. The normalized spacial score (nSPS) is 10.6. The molecular formula is C15H12N2. The monoisotopic (exact) mass is 220 g/mol. The zero-order valence-corrected chi connectivity index (χ0v) is 9.59. The molecule has 3 rings (SSSR count). The van der Waals surface area contributed by atoms with Gasteiger partial charge in [0.15, 0.2) is 0 Å². The summed E-state index contributed by atoms with van der Waals surface area (Å²) in [6, 6.07) is 14.8. The minimum absolute atomic E-state index is 0.984. The summed E-state index contributed by atoms with van der Waals surface area (Å²) in [7, 11) is 0. The molecule has 0 radical (unpaired) electrons. The summed E-state index contributed by atoms with van der Waals surface area (Å²) >= 11 is 0. The van der Waals surface area contributed by atoms with Gasteiger partial charge in [-0.3, -0.25) is 0 Å². The van der Waals surface area contributed by atoms with Crippen LogP contribution in [0.2, 0.25) is 0 Å². The van der Waals surface area contributed by atoms with E-state index in [1.54, 1.807) is 6.33 Å². The molecule has 3 aromatic rings. The number of rotatable bonds is 1. The molecular weight excluding hydrogens is 208 g/mol. The Labute approximate surface area is 100.0 Å². The first-order valence-corrected chi connectivity index (χ1v) is 5.60. The van der Waals surface area contributed by atoms with Gasteiger partial charge in [0.25, 0.3) is 0 Å². The molecule has 0 N–H and O–H groups in total. The lowest BCUT2D eigenvalue weighted by atomic mass is 10.0. The van der Waals surface area contributed by atoms with Crippen LogP contribution in [0.3, 0.4) is 0 Å². The van der Waals surface area contributed by atoms with E-state index in [0.29, 0.717) is 0 Å². The van der Waals surface area contributed by atoms with Crippen LogP contribution in [0, 0.1) is 6.92 Å². The molecule has 1 heterocycles. The maximum absolute atomic E-state index is 4.27. The predicted molar refractivity (Wildman–Crippen MR) is 69.7 cm³/mol. The topological polar surface area (TPSA) is 25.8 Å². The van der Waals surface area contributed by atoms with Crippen molar-refractivity contribution in [1.82, 2.24) is 9.97 Å². The number of benzene rings is 2. The van der Waals surface area contributed by atoms with Gasteiger partial charge in [0, 0.05) is 11.6 Å². The Morgan fingerprint density at radius 3 is 2.47 bits per heavy atom. The van der Waals surface area contributed by atoms with Gasteiger partial charge >= 0.3 is 0 Å². The number of hydrogen-bond acceptors (Lipinski definition) is 2. The zero-order chi connectivity index (χ0) is 11.7. The van der Waals surface area contributed by atoms with Crippen molar-refractivity contribution in [2.24, 2.45) is 0 Å². The van der Waals surface area contributed by atoms with Crippen LogP contribution < -0.4 is 0 Å². The standard InChI is InChI=1S/C15H12N2/c1-11-2-4-12(5-3-11)13-6-7-14-9-16-10-17-15(14)8-13/h2-10H,1H3. The summed E-state index contributed by atoms with van der Waals surface area (Å²) in [6.07, 6.45) is 3.42. The quantitative estimate of drug-likeness (QED) is 0.626.